The number of para-hydroxylation sites is 1. The Morgan fingerprint density at radius 3 is 2.87 bits per heavy atom. The number of nitrogens with one attached hydrogen (secondary N) is 1. The smallest absolute Gasteiger partial charge is 0.221 e. The van der Waals surface area contributed by atoms with Gasteiger partial charge in [-0.15, -0.1) is 11.3 Å². The summed E-state index contributed by atoms with van der Waals surface area (Å²) in [5.41, 5.74) is 1.77. The van der Waals surface area contributed by atoms with Crippen LogP contribution in [0.1, 0.15) is 6.92 Å². The quantitative estimate of drug-likeness (QED) is 0.842. The monoisotopic (exact) mass is 218 g/mol. The van der Waals surface area contributed by atoms with E-state index in [0.29, 0.717) is 0 Å². The van der Waals surface area contributed by atoms with Crippen molar-refractivity contribution in [3.05, 3.63) is 35.8 Å². The SMILES string of the molecule is CC(=O)Nc1ccccc1-c1nccs1. The standard InChI is InChI=1S/C11H10N2OS/c1-8(14)13-10-5-3-2-4-9(10)11-12-6-7-15-11/h2-7H,1H3,(H,13,14). The maximum atomic E-state index is 11.0. The number of benzene rings is 1. The van der Waals surface area contributed by atoms with Crippen LogP contribution in [0.3, 0.4) is 0 Å². The number of carbonyl (C=O) groups excluding carboxylic acids is 1. The van der Waals surface area contributed by atoms with Crippen LogP contribution in [0.2, 0.25) is 0 Å². The number of hydrogen-bond acceptors (Lipinski definition) is 3. The number of rotatable bonds is 2. The van der Waals surface area contributed by atoms with Crippen molar-refractivity contribution in [3.63, 3.8) is 0 Å². The molecule has 1 N–H and O–H groups in total. The second-order valence-corrected chi connectivity index (χ2v) is 3.96. The Morgan fingerprint density at radius 1 is 1.40 bits per heavy atom. The largest absolute Gasteiger partial charge is 0.326 e. The van der Waals surface area contributed by atoms with Crippen molar-refractivity contribution in [1.29, 1.82) is 0 Å². The van der Waals surface area contributed by atoms with Crippen molar-refractivity contribution in [2.24, 2.45) is 0 Å². The fourth-order valence-electron chi connectivity index (χ4n) is 1.32. The van der Waals surface area contributed by atoms with E-state index in [2.05, 4.69) is 10.3 Å². The number of aromatic nitrogens is 1. The van der Waals surface area contributed by atoms with E-state index >= 15 is 0 Å². The predicted octanol–water partition coefficient (Wildman–Crippen LogP) is 2.77. The fourth-order valence-corrected chi connectivity index (χ4v) is 2.00. The van der Waals surface area contributed by atoms with E-state index in [1.807, 2.05) is 29.6 Å². The molecule has 0 fully saturated rings. The number of carbonyl (C=O) groups is 1. The van der Waals surface area contributed by atoms with E-state index in [4.69, 9.17) is 0 Å². The predicted molar refractivity (Wildman–Crippen MR) is 61.9 cm³/mol. The lowest BCUT2D eigenvalue weighted by atomic mass is 10.2. The van der Waals surface area contributed by atoms with Gasteiger partial charge in [0.25, 0.3) is 0 Å². The highest BCUT2D eigenvalue weighted by molar-refractivity contribution is 7.13. The number of nitrogens with zero attached hydrogens (tertiary/aromatic N) is 1. The topological polar surface area (TPSA) is 42.0 Å². The summed E-state index contributed by atoms with van der Waals surface area (Å²) in [6.45, 7) is 1.50. The van der Waals surface area contributed by atoms with Gasteiger partial charge in [0, 0.05) is 24.1 Å². The molecular formula is C11H10N2OS. The average Bonchev–Trinajstić information content (AvgIpc) is 2.70. The highest BCUT2D eigenvalue weighted by Crippen LogP contribution is 2.28. The summed E-state index contributed by atoms with van der Waals surface area (Å²) in [5, 5.41) is 5.62. The van der Waals surface area contributed by atoms with Crippen LogP contribution >= 0.6 is 11.3 Å². The van der Waals surface area contributed by atoms with Crippen LogP contribution in [-0.2, 0) is 4.79 Å². The molecule has 0 aliphatic rings. The van der Waals surface area contributed by atoms with Gasteiger partial charge in [0.2, 0.25) is 5.91 Å². The van der Waals surface area contributed by atoms with Gasteiger partial charge in [-0.3, -0.25) is 4.79 Å². The van der Waals surface area contributed by atoms with Crippen LogP contribution in [-0.4, -0.2) is 10.9 Å². The molecule has 0 aliphatic heterocycles. The van der Waals surface area contributed by atoms with Crippen molar-refractivity contribution in [2.75, 3.05) is 5.32 Å². The van der Waals surface area contributed by atoms with E-state index in [1.165, 1.54) is 6.92 Å². The van der Waals surface area contributed by atoms with Crippen LogP contribution < -0.4 is 5.32 Å². The number of thiazole rings is 1. The summed E-state index contributed by atoms with van der Waals surface area (Å²) >= 11 is 1.55. The molecule has 1 aromatic heterocycles. The summed E-state index contributed by atoms with van der Waals surface area (Å²) in [7, 11) is 0. The molecule has 0 spiro atoms. The van der Waals surface area contributed by atoms with Gasteiger partial charge in [-0.1, -0.05) is 12.1 Å². The third-order valence-electron chi connectivity index (χ3n) is 1.90. The highest BCUT2D eigenvalue weighted by Gasteiger charge is 2.06. The number of amides is 1. The summed E-state index contributed by atoms with van der Waals surface area (Å²) in [6, 6.07) is 7.65. The summed E-state index contributed by atoms with van der Waals surface area (Å²) in [5.74, 6) is -0.0704. The van der Waals surface area contributed by atoms with Gasteiger partial charge in [-0.2, -0.15) is 0 Å². The molecule has 0 aliphatic carbocycles. The molecule has 0 atom stereocenters. The summed E-state index contributed by atoms with van der Waals surface area (Å²) < 4.78 is 0. The second kappa shape index (κ2) is 4.23. The lowest BCUT2D eigenvalue weighted by molar-refractivity contribution is -0.114. The Bertz CT molecular complexity index is 465. The van der Waals surface area contributed by atoms with Gasteiger partial charge in [0.1, 0.15) is 5.01 Å². The minimum absolute atomic E-state index is 0.0704. The molecule has 0 saturated carbocycles. The summed E-state index contributed by atoms with van der Waals surface area (Å²) in [6.07, 6.45) is 1.75. The minimum Gasteiger partial charge on any atom is -0.326 e. The Hall–Kier alpha value is -1.68. The van der Waals surface area contributed by atoms with Gasteiger partial charge in [-0.05, 0) is 12.1 Å². The lowest BCUT2D eigenvalue weighted by Crippen LogP contribution is -2.06. The average molecular weight is 218 g/mol. The van der Waals surface area contributed by atoms with Crippen LogP contribution in [0.5, 0.6) is 0 Å². The second-order valence-electron chi connectivity index (χ2n) is 3.06. The number of anilines is 1. The number of hydrogen-bond donors (Lipinski definition) is 1. The molecule has 15 heavy (non-hydrogen) atoms. The van der Waals surface area contributed by atoms with Gasteiger partial charge in [-0.25, -0.2) is 4.98 Å². The molecule has 1 amide bonds. The highest BCUT2D eigenvalue weighted by atomic mass is 32.1. The van der Waals surface area contributed by atoms with Crippen LogP contribution in [0.25, 0.3) is 10.6 Å². The molecule has 1 aromatic carbocycles. The van der Waals surface area contributed by atoms with Crippen LogP contribution in [0, 0.1) is 0 Å². The molecule has 0 radical (unpaired) electrons. The molecule has 4 heteroatoms. The van der Waals surface area contributed by atoms with Crippen molar-refractivity contribution < 1.29 is 4.79 Å². The fraction of sp³-hybridized carbons (Fsp3) is 0.0909. The molecule has 2 aromatic rings. The third kappa shape index (κ3) is 2.22. The Balaban J connectivity index is 2.42. The molecule has 0 unspecified atom stereocenters. The maximum absolute atomic E-state index is 11.0. The first-order chi connectivity index (χ1) is 7.27. The zero-order valence-corrected chi connectivity index (χ0v) is 9.04. The van der Waals surface area contributed by atoms with Crippen molar-refractivity contribution in [1.82, 2.24) is 4.98 Å². The van der Waals surface area contributed by atoms with Crippen molar-refractivity contribution in [3.8, 4) is 10.6 Å². The molecule has 0 saturated heterocycles. The van der Waals surface area contributed by atoms with Crippen LogP contribution in [0.4, 0.5) is 5.69 Å². The van der Waals surface area contributed by atoms with Gasteiger partial charge >= 0.3 is 0 Å². The summed E-state index contributed by atoms with van der Waals surface area (Å²) in [4.78, 5) is 15.2. The van der Waals surface area contributed by atoms with Gasteiger partial charge in [0.05, 0.1) is 5.69 Å². The Labute approximate surface area is 91.8 Å². The lowest BCUT2D eigenvalue weighted by Gasteiger charge is -2.06. The molecule has 76 valence electrons. The van der Waals surface area contributed by atoms with E-state index in [-0.39, 0.29) is 5.91 Å². The molecular weight excluding hydrogens is 208 g/mol. The molecule has 3 nitrogen and oxygen atoms in total. The van der Waals surface area contributed by atoms with Gasteiger partial charge in [0.15, 0.2) is 0 Å². The van der Waals surface area contributed by atoms with Crippen molar-refractivity contribution >= 4 is 22.9 Å². The van der Waals surface area contributed by atoms with E-state index in [1.54, 1.807) is 17.5 Å². The van der Waals surface area contributed by atoms with Crippen LogP contribution in [0.15, 0.2) is 35.8 Å². The molecule has 1 heterocycles. The molecule has 0 bridgehead atoms. The molecule has 2 rings (SSSR count). The Morgan fingerprint density at radius 2 is 2.20 bits per heavy atom. The first-order valence-corrected chi connectivity index (χ1v) is 5.42. The van der Waals surface area contributed by atoms with E-state index < -0.39 is 0 Å². The normalized spacial score (nSPS) is 9.93. The third-order valence-corrected chi connectivity index (χ3v) is 2.71. The van der Waals surface area contributed by atoms with Crippen molar-refractivity contribution in [2.45, 2.75) is 6.92 Å². The zero-order valence-electron chi connectivity index (χ0n) is 8.23. The first kappa shape index (κ1) is 9.86. The minimum atomic E-state index is -0.0704. The van der Waals surface area contributed by atoms with Gasteiger partial charge < -0.3 is 5.32 Å². The Kier molecular flexibility index (Phi) is 2.78. The maximum Gasteiger partial charge on any atom is 0.221 e. The van der Waals surface area contributed by atoms with E-state index in [0.717, 1.165) is 16.3 Å². The first-order valence-electron chi connectivity index (χ1n) is 4.54. The zero-order chi connectivity index (χ0) is 10.7. The van der Waals surface area contributed by atoms with E-state index in [9.17, 15) is 4.79 Å².